The van der Waals surface area contributed by atoms with E-state index >= 15 is 0 Å². The first-order chi connectivity index (χ1) is 13.7. The molecule has 28 heavy (non-hydrogen) atoms. The van der Waals surface area contributed by atoms with E-state index in [-0.39, 0.29) is 6.04 Å². The largest absolute Gasteiger partial charge is 0.345 e. The minimum atomic E-state index is 0.0286. The van der Waals surface area contributed by atoms with E-state index in [1.54, 1.807) is 0 Å². The van der Waals surface area contributed by atoms with Gasteiger partial charge in [0.2, 0.25) is 5.91 Å². The van der Waals surface area contributed by atoms with Crippen molar-refractivity contribution in [3.8, 4) is 6.07 Å². The Labute approximate surface area is 167 Å². The van der Waals surface area contributed by atoms with E-state index in [0.717, 1.165) is 63.7 Å². The number of amides is 1. The molecule has 3 heterocycles. The number of hydrogen-bond donors (Lipinski definition) is 1. The Balaban J connectivity index is 1.47. The summed E-state index contributed by atoms with van der Waals surface area (Å²) in [5.41, 5.74) is 3.16. The number of piperidine rings is 1. The Morgan fingerprint density at radius 1 is 1.25 bits per heavy atom. The lowest BCUT2D eigenvalue weighted by Gasteiger charge is -2.31. The maximum absolute atomic E-state index is 13.0. The van der Waals surface area contributed by atoms with Gasteiger partial charge in [0, 0.05) is 30.3 Å². The summed E-state index contributed by atoms with van der Waals surface area (Å²) in [5.74, 6) is 0.317. The molecule has 5 nitrogen and oxygen atoms in total. The smallest absolute Gasteiger partial charge is 0.239 e. The zero-order chi connectivity index (χ0) is 19.5. The van der Waals surface area contributed by atoms with E-state index in [1.807, 2.05) is 18.2 Å². The molecule has 2 atom stereocenters. The summed E-state index contributed by atoms with van der Waals surface area (Å²) in [4.78, 5) is 15.1. The quantitative estimate of drug-likeness (QED) is 0.865. The van der Waals surface area contributed by atoms with Crippen LogP contribution in [0.5, 0.6) is 0 Å². The number of nitriles is 1. The zero-order valence-corrected chi connectivity index (χ0v) is 16.8. The van der Waals surface area contributed by atoms with Gasteiger partial charge in [0.1, 0.15) is 0 Å². The van der Waals surface area contributed by atoms with E-state index in [2.05, 4.69) is 33.8 Å². The van der Waals surface area contributed by atoms with Crippen LogP contribution >= 0.6 is 0 Å². The number of fused-ring (bicyclic) bond motifs is 1. The summed E-state index contributed by atoms with van der Waals surface area (Å²) in [5, 5.41) is 13.8. The third-order valence-corrected chi connectivity index (χ3v) is 6.44. The minimum absolute atomic E-state index is 0.0286. The van der Waals surface area contributed by atoms with E-state index in [4.69, 9.17) is 0 Å². The van der Waals surface area contributed by atoms with Gasteiger partial charge in [-0.3, -0.25) is 4.79 Å². The van der Waals surface area contributed by atoms with Crippen LogP contribution in [-0.4, -0.2) is 40.5 Å². The van der Waals surface area contributed by atoms with Gasteiger partial charge in [-0.05, 0) is 75.6 Å². The van der Waals surface area contributed by atoms with Crippen LogP contribution in [0, 0.1) is 11.3 Å². The normalized spacial score (nSPS) is 22.5. The first-order valence-corrected chi connectivity index (χ1v) is 10.8. The van der Waals surface area contributed by atoms with Gasteiger partial charge in [0.15, 0.2) is 0 Å². The predicted molar refractivity (Wildman–Crippen MR) is 111 cm³/mol. The number of nitrogens with one attached hydrogen (secondary N) is 1. The molecule has 1 aromatic heterocycles. The highest BCUT2D eigenvalue weighted by molar-refractivity contribution is 5.83. The Bertz CT molecular complexity index is 888. The van der Waals surface area contributed by atoms with Crippen molar-refractivity contribution in [2.45, 2.75) is 70.5 Å². The fourth-order valence-electron chi connectivity index (χ4n) is 4.96. The van der Waals surface area contributed by atoms with E-state index < -0.39 is 0 Å². The SMILES string of the molecule is CCn1c(CCC2CCCN2C(=O)[C@@H]2CCCCN2)cc2ccc(C#N)cc21. The lowest BCUT2D eigenvalue weighted by Crippen LogP contribution is -2.50. The van der Waals surface area contributed by atoms with Gasteiger partial charge in [0.25, 0.3) is 0 Å². The number of aromatic nitrogens is 1. The van der Waals surface area contributed by atoms with Crippen molar-refractivity contribution in [2.24, 2.45) is 0 Å². The highest BCUT2D eigenvalue weighted by Gasteiger charge is 2.33. The van der Waals surface area contributed by atoms with Crippen molar-refractivity contribution in [1.82, 2.24) is 14.8 Å². The second kappa shape index (κ2) is 8.36. The molecular formula is C23H30N4O. The summed E-state index contributed by atoms with van der Waals surface area (Å²) in [6, 6.07) is 10.8. The lowest BCUT2D eigenvalue weighted by molar-refractivity contribution is -0.135. The van der Waals surface area contributed by atoms with Crippen LogP contribution in [0.25, 0.3) is 10.9 Å². The van der Waals surface area contributed by atoms with Crippen LogP contribution in [0.4, 0.5) is 0 Å². The van der Waals surface area contributed by atoms with Crippen LogP contribution in [0.3, 0.4) is 0 Å². The maximum Gasteiger partial charge on any atom is 0.239 e. The third kappa shape index (κ3) is 3.66. The second-order valence-corrected chi connectivity index (χ2v) is 8.13. The molecule has 0 aliphatic carbocycles. The maximum atomic E-state index is 13.0. The number of aryl methyl sites for hydroxylation is 2. The summed E-state index contributed by atoms with van der Waals surface area (Å²) < 4.78 is 2.32. The molecule has 1 aromatic carbocycles. The van der Waals surface area contributed by atoms with Gasteiger partial charge in [0.05, 0.1) is 17.7 Å². The molecule has 0 bridgehead atoms. The van der Waals surface area contributed by atoms with Crippen LogP contribution < -0.4 is 5.32 Å². The van der Waals surface area contributed by atoms with Crippen LogP contribution in [-0.2, 0) is 17.8 Å². The second-order valence-electron chi connectivity index (χ2n) is 8.13. The minimum Gasteiger partial charge on any atom is -0.345 e. The van der Waals surface area contributed by atoms with Gasteiger partial charge in [-0.15, -0.1) is 0 Å². The lowest BCUT2D eigenvalue weighted by atomic mass is 10.0. The number of carbonyl (C=O) groups excluding carboxylic acids is 1. The summed E-state index contributed by atoms with van der Waals surface area (Å²) >= 11 is 0. The van der Waals surface area contributed by atoms with Crippen molar-refractivity contribution in [3.63, 3.8) is 0 Å². The summed E-state index contributed by atoms with van der Waals surface area (Å²) in [6.45, 7) is 4.93. The number of likely N-dealkylation sites (tertiary alicyclic amines) is 1. The molecule has 4 rings (SSSR count). The van der Waals surface area contributed by atoms with Crippen LogP contribution in [0.15, 0.2) is 24.3 Å². The molecule has 5 heteroatoms. The standard InChI is InChI=1S/C23H30N4O/c1-2-26-20(15-18-9-8-17(16-24)14-22(18)26)11-10-19-6-5-13-27(19)23(28)21-7-3-4-12-25-21/h8-9,14-15,19,21,25H,2-7,10-13H2,1H3/t19?,21-/m0/s1. The number of rotatable bonds is 5. The van der Waals surface area contributed by atoms with Crippen molar-refractivity contribution >= 4 is 16.8 Å². The van der Waals surface area contributed by atoms with Gasteiger partial charge in [-0.1, -0.05) is 12.5 Å². The predicted octanol–water partition coefficient (Wildman–Crippen LogP) is 3.60. The molecular weight excluding hydrogens is 348 g/mol. The van der Waals surface area contributed by atoms with Crippen molar-refractivity contribution in [1.29, 1.82) is 5.26 Å². The molecule has 1 unspecified atom stereocenters. The first kappa shape index (κ1) is 19.0. The molecule has 2 aliphatic heterocycles. The highest BCUT2D eigenvalue weighted by Crippen LogP contribution is 2.27. The molecule has 0 radical (unpaired) electrons. The number of benzene rings is 1. The van der Waals surface area contributed by atoms with Gasteiger partial charge < -0.3 is 14.8 Å². The first-order valence-electron chi connectivity index (χ1n) is 10.8. The molecule has 2 aromatic rings. The topological polar surface area (TPSA) is 61.1 Å². The number of nitrogens with zero attached hydrogens (tertiary/aromatic N) is 3. The van der Waals surface area contributed by atoms with Crippen LogP contribution in [0.2, 0.25) is 0 Å². The fourth-order valence-corrected chi connectivity index (χ4v) is 4.96. The Morgan fingerprint density at radius 3 is 2.89 bits per heavy atom. The molecule has 1 amide bonds. The summed E-state index contributed by atoms with van der Waals surface area (Å²) in [6.07, 6.45) is 7.53. The average molecular weight is 379 g/mol. The van der Waals surface area contributed by atoms with E-state index in [0.29, 0.717) is 17.5 Å². The van der Waals surface area contributed by atoms with Crippen molar-refractivity contribution < 1.29 is 4.79 Å². The average Bonchev–Trinajstić information content (AvgIpc) is 3.35. The van der Waals surface area contributed by atoms with Crippen molar-refractivity contribution in [2.75, 3.05) is 13.1 Å². The molecule has 2 saturated heterocycles. The third-order valence-electron chi connectivity index (χ3n) is 6.44. The number of carbonyl (C=O) groups is 1. The highest BCUT2D eigenvalue weighted by atomic mass is 16.2. The molecule has 148 valence electrons. The van der Waals surface area contributed by atoms with Crippen LogP contribution in [0.1, 0.15) is 56.7 Å². The number of hydrogen-bond acceptors (Lipinski definition) is 3. The molecule has 0 saturated carbocycles. The summed E-state index contributed by atoms with van der Waals surface area (Å²) in [7, 11) is 0. The Hall–Kier alpha value is -2.32. The zero-order valence-electron chi connectivity index (χ0n) is 16.8. The van der Waals surface area contributed by atoms with Gasteiger partial charge in [-0.2, -0.15) is 5.26 Å². The molecule has 2 fully saturated rings. The Kier molecular flexibility index (Phi) is 5.68. The van der Waals surface area contributed by atoms with E-state index in [1.165, 1.54) is 17.5 Å². The monoisotopic (exact) mass is 378 g/mol. The molecule has 0 spiro atoms. The van der Waals surface area contributed by atoms with E-state index in [9.17, 15) is 10.1 Å². The fraction of sp³-hybridized carbons (Fsp3) is 0.565. The van der Waals surface area contributed by atoms with Crippen molar-refractivity contribution in [3.05, 3.63) is 35.5 Å². The Morgan fingerprint density at radius 2 is 2.14 bits per heavy atom. The van der Waals surface area contributed by atoms with Gasteiger partial charge in [-0.25, -0.2) is 0 Å². The molecule has 2 aliphatic rings. The molecule has 1 N–H and O–H groups in total. The van der Waals surface area contributed by atoms with Gasteiger partial charge >= 0.3 is 0 Å².